The maximum absolute atomic E-state index is 12.3. The molecule has 1 aromatic carbocycles. The molecule has 1 fully saturated rings. The molecule has 1 aliphatic rings. The molecule has 3 amide bonds. The molecule has 0 aromatic heterocycles. The third-order valence-electron chi connectivity index (χ3n) is 3.08. The monoisotopic (exact) mass is 280 g/mol. The lowest BCUT2D eigenvalue weighted by molar-refractivity contribution is -0.122. The maximum atomic E-state index is 12.3. The molecular weight excluding hydrogens is 268 g/mol. The summed E-state index contributed by atoms with van der Waals surface area (Å²) in [4.78, 5) is 37.8. The van der Waals surface area contributed by atoms with Gasteiger partial charge in [0.15, 0.2) is 0 Å². The van der Waals surface area contributed by atoms with Crippen molar-refractivity contribution in [3.05, 3.63) is 30.3 Å². The number of carbonyl (C=O) groups is 3. The Morgan fingerprint density at radius 1 is 1.37 bits per heavy atom. The number of rotatable bonds is 3. The number of carbonyl (C=O) groups excluding carboxylic acids is 3. The summed E-state index contributed by atoms with van der Waals surface area (Å²) in [7, 11) is 0. The van der Waals surface area contributed by atoms with Gasteiger partial charge in [-0.05, 0) is 30.7 Å². The molecule has 0 radical (unpaired) electrons. The fourth-order valence-corrected chi connectivity index (χ4v) is 2.41. The second-order valence-electron chi connectivity index (χ2n) is 4.16. The van der Waals surface area contributed by atoms with E-state index in [4.69, 9.17) is 11.6 Å². The highest BCUT2D eigenvalue weighted by atomic mass is 35.5. The Morgan fingerprint density at radius 2 is 2.00 bits per heavy atom. The van der Waals surface area contributed by atoms with Crippen molar-refractivity contribution in [3.8, 4) is 0 Å². The molecule has 1 unspecified atom stereocenters. The number of hydrogen-bond donors (Lipinski definition) is 0. The zero-order chi connectivity index (χ0) is 14.0. The van der Waals surface area contributed by atoms with Crippen molar-refractivity contribution in [3.63, 3.8) is 0 Å². The molecule has 1 aromatic rings. The van der Waals surface area contributed by atoms with Crippen LogP contribution in [0.2, 0.25) is 0 Å². The molecule has 1 saturated heterocycles. The van der Waals surface area contributed by atoms with Crippen molar-refractivity contribution in [2.24, 2.45) is 0 Å². The van der Waals surface area contributed by atoms with Gasteiger partial charge in [0.25, 0.3) is 5.91 Å². The van der Waals surface area contributed by atoms with Gasteiger partial charge in [-0.25, -0.2) is 4.90 Å². The SMILES string of the molecule is CCN(C(=O)Cl)C1CC(=O)N(c2ccccc2)C1=O. The Labute approximate surface area is 115 Å². The average Bonchev–Trinajstić information content (AvgIpc) is 2.67. The van der Waals surface area contributed by atoms with E-state index in [0.717, 1.165) is 4.90 Å². The van der Waals surface area contributed by atoms with Crippen LogP contribution in [0.15, 0.2) is 30.3 Å². The minimum atomic E-state index is -0.803. The first kappa shape index (κ1) is 13.5. The normalized spacial score (nSPS) is 18.8. The lowest BCUT2D eigenvalue weighted by Crippen LogP contribution is -2.43. The van der Waals surface area contributed by atoms with Gasteiger partial charge in [0, 0.05) is 6.54 Å². The van der Waals surface area contributed by atoms with Crippen molar-refractivity contribution < 1.29 is 14.4 Å². The number of benzene rings is 1. The maximum Gasteiger partial charge on any atom is 0.317 e. The molecule has 0 saturated carbocycles. The van der Waals surface area contributed by atoms with E-state index in [9.17, 15) is 14.4 Å². The standard InChI is InChI=1S/C13H13ClN2O3/c1-2-15(13(14)19)10-8-11(17)16(12(10)18)9-6-4-3-5-7-9/h3-7,10H,2,8H2,1H3. The smallest absolute Gasteiger partial charge is 0.317 e. The van der Waals surface area contributed by atoms with Gasteiger partial charge in [-0.2, -0.15) is 0 Å². The Bertz CT molecular complexity index is 518. The van der Waals surface area contributed by atoms with Crippen LogP contribution in [0.25, 0.3) is 0 Å². The summed E-state index contributed by atoms with van der Waals surface area (Å²) in [6, 6.07) is 7.84. The van der Waals surface area contributed by atoms with Crippen LogP contribution in [0.1, 0.15) is 13.3 Å². The van der Waals surface area contributed by atoms with E-state index in [1.54, 1.807) is 37.3 Å². The Balaban J connectivity index is 2.29. The largest absolute Gasteiger partial charge is 0.317 e. The number of para-hydroxylation sites is 1. The number of nitrogens with zero attached hydrogens (tertiary/aromatic N) is 2. The highest BCUT2D eigenvalue weighted by molar-refractivity contribution is 6.63. The lowest BCUT2D eigenvalue weighted by Gasteiger charge is -2.23. The predicted molar refractivity (Wildman–Crippen MR) is 71.0 cm³/mol. The Kier molecular flexibility index (Phi) is 3.85. The topological polar surface area (TPSA) is 57.7 Å². The number of amides is 3. The molecule has 0 N–H and O–H groups in total. The van der Waals surface area contributed by atoms with E-state index in [2.05, 4.69) is 0 Å². The summed E-state index contributed by atoms with van der Waals surface area (Å²) >= 11 is 5.44. The number of anilines is 1. The number of hydrogen-bond acceptors (Lipinski definition) is 3. The van der Waals surface area contributed by atoms with Crippen LogP contribution < -0.4 is 4.90 Å². The van der Waals surface area contributed by atoms with Crippen molar-refractivity contribution in [1.82, 2.24) is 4.90 Å². The van der Waals surface area contributed by atoms with Crippen molar-refractivity contribution >= 4 is 34.5 Å². The quantitative estimate of drug-likeness (QED) is 0.483. The van der Waals surface area contributed by atoms with Gasteiger partial charge in [0.05, 0.1) is 12.1 Å². The van der Waals surface area contributed by atoms with Crippen LogP contribution in [-0.4, -0.2) is 34.7 Å². The van der Waals surface area contributed by atoms with Crippen LogP contribution in [0, 0.1) is 0 Å². The Hall–Kier alpha value is -1.88. The van der Waals surface area contributed by atoms with Gasteiger partial charge in [-0.15, -0.1) is 0 Å². The highest BCUT2D eigenvalue weighted by Gasteiger charge is 2.43. The van der Waals surface area contributed by atoms with Gasteiger partial charge >= 0.3 is 5.37 Å². The molecule has 1 aliphatic heterocycles. The molecular formula is C13H13ClN2O3. The van der Waals surface area contributed by atoms with Crippen LogP contribution in [0.4, 0.5) is 10.5 Å². The molecule has 0 bridgehead atoms. The van der Waals surface area contributed by atoms with Crippen LogP contribution >= 0.6 is 11.6 Å². The molecule has 1 atom stereocenters. The summed E-state index contributed by atoms with van der Waals surface area (Å²) in [6.07, 6.45) is -0.0278. The second-order valence-corrected chi connectivity index (χ2v) is 4.49. The van der Waals surface area contributed by atoms with E-state index in [0.29, 0.717) is 5.69 Å². The number of imide groups is 1. The zero-order valence-electron chi connectivity index (χ0n) is 10.4. The minimum absolute atomic E-state index is 0.0278. The summed E-state index contributed by atoms with van der Waals surface area (Å²) in [5.41, 5.74) is 0.512. The van der Waals surface area contributed by atoms with E-state index in [-0.39, 0.29) is 18.9 Å². The minimum Gasteiger partial charge on any atom is -0.317 e. The summed E-state index contributed by atoms with van der Waals surface area (Å²) in [6.45, 7) is 2.00. The molecule has 0 aliphatic carbocycles. The van der Waals surface area contributed by atoms with Gasteiger partial charge in [-0.3, -0.25) is 14.4 Å². The highest BCUT2D eigenvalue weighted by Crippen LogP contribution is 2.25. The third kappa shape index (κ3) is 2.46. The Morgan fingerprint density at radius 3 is 2.53 bits per heavy atom. The summed E-state index contributed by atoms with van der Waals surface area (Å²) in [5.74, 6) is -0.732. The molecule has 5 nitrogen and oxygen atoms in total. The van der Waals surface area contributed by atoms with Crippen LogP contribution in [0.3, 0.4) is 0 Å². The van der Waals surface area contributed by atoms with Crippen LogP contribution in [-0.2, 0) is 9.59 Å². The molecule has 100 valence electrons. The summed E-state index contributed by atoms with van der Waals surface area (Å²) in [5, 5.41) is -0.719. The van der Waals surface area contributed by atoms with E-state index in [1.807, 2.05) is 0 Å². The lowest BCUT2D eigenvalue weighted by atomic mass is 10.2. The fraction of sp³-hybridized carbons (Fsp3) is 0.308. The fourth-order valence-electron chi connectivity index (χ4n) is 2.17. The molecule has 19 heavy (non-hydrogen) atoms. The van der Waals surface area contributed by atoms with E-state index >= 15 is 0 Å². The van der Waals surface area contributed by atoms with Crippen molar-refractivity contribution in [1.29, 1.82) is 0 Å². The number of halogens is 1. The van der Waals surface area contributed by atoms with Gasteiger partial charge in [-0.1, -0.05) is 18.2 Å². The first-order valence-corrected chi connectivity index (χ1v) is 6.32. The average molecular weight is 281 g/mol. The van der Waals surface area contributed by atoms with Gasteiger partial charge in [0.2, 0.25) is 5.91 Å². The third-order valence-corrected chi connectivity index (χ3v) is 3.30. The first-order chi connectivity index (χ1) is 9.06. The zero-order valence-corrected chi connectivity index (χ0v) is 11.1. The predicted octanol–water partition coefficient (Wildman–Crippen LogP) is 2.00. The van der Waals surface area contributed by atoms with Gasteiger partial charge < -0.3 is 4.90 Å². The van der Waals surface area contributed by atoms with Gasteiger partial charge in [0.1, 0.15) is 6.04 Å². The van der Waals surface area contributed by atoms with E-state index in [1.165, 1.54) is 4.90 Å². The molecule has 1 heterocycles. The van der Waals surface area contributed by atoms with Crippen molar-refractivity contribution in [2.45, 2.75) is 19.4 Å². The first-order valence-electron chi connectivity index (χ1n) is 5.94. The molecule has 6 heteroatoms. The second kappa shape index (κ2) is 5.40. The van der Waals surface area contributed by atoms with E-state index < -0.39 is 17.3 Å². The summed E-state index contributed by atoms with van der Waals surface area (Å²) < 4.78 is 0. The van der Waals surface area contributed by atoms with Crippen molar-refractivity contribution in [2.75, 3.05) is 11.4 Å². The molecule has 0 spiro atoms. The number of likely N-dealkylation sites (N-methyl/N-ethyl adjacent to an activating group) is 1. The van der Waals surface area contributed by atoms with Crippen LogP contribution in [0.5, 0.6) is 0 Å². The molecule has 2 rings (SSSR count).